The number of carbonyl (C=O) groups is 2. The highest BCUT2D eigenvalue weighted by atomic mass is 79.9. The van der Waals surface area contributed by atoms with E-state index in [0.717, 1.165) is 15.7 Å². The van der Waals surface area contributed by atoms with E-state index in [1.165, 1.54) is 17.8 Å². The molecule has 0 aliphatic carbocycles. The average Bonchev–Trinajstić information content (AvgIpc) is 3.21. The van der Waals surface area contributed by atoms with Gasteiger partial charge in [-0.05, 0) is 66.7 Å². The van der Waals surface area contributed by atoms with Crippen molar-refractivity contribution in [3.05, 3.63) is 86.8 Å². The van der Waals surface area contributed by atoms with Gasteiger partial charge in [-0.3, -0.25) is 9.59 Å². The minimum absolute atomic E-state index is 0.135. The topological polar surface area (TPSA) is 88.9 Å². The Morgan fingerprint density at radius 1 is 0.914 bits per heavy atom. The monoisotopic (exact) mass is 589 g/mol. The van der Waals surface area contributed by atoms with Crippen LogP contribution in [0.15, 0.2) is 76.4 Å². The molecule has 11 heteroatoms. The first-order chi connectivity index (χ1) is 16.8. The van der Waals surface area contributed by atoms with Crippen LogP contribution in [0, 0.1) is 0 Å². The molecular formula is C24H18BrCl2N5O2S. The standard InChI is InChI=1S/C24H18BrCl2N5O2S/c1-32-22(30-31-24(32)35-13-21(33)28-17-9-5-16(25)6-10-17)14-2-7-18(8-3-14)29-23(34)15-4-11-19(26)20(27)12-15/h2-12H,13H2,1H3,(H,28,33)(H,29,34). The van der Waals surface area contributed by atoms with Crippen LogP contribution in [0.3, 0.4) is 0 Å². The van der Waals surface area contributed by atoms with Crippen LogP contribution in [-0.2, 0) is 11.8 Å². The zero-order valence-corrected chi connectivity index (χ0v) is 22.2. The number of rotatable bonds is 7. The molecule has 1 aromatic heterocycles. The van der Waals surface area contributed by atoms with Gasteiger partial charge in [0.2, 0.25) is 5.91 Å². The second-order valence-corrected chi connectivity index (χ2v) is 10.0. The Bertz CT molecular complexity index is 1380. The van der Waals surface area contributed by atoms with Crippen molar-refractivity contribution < 1.29 is 9.59 Å². The van der Waals surface area contributed by atoms with Crippen LogP contribution in [0.1, 0.15) is 10.4 Å². The van der Waals surface area contributed by atoms with Crippen LogP contribution < -0.4 is 10.6 Å². The molecule has 0 radical (unpaired) electrons. The van der Waals surface area contributed by atoms with Gasteiger partial charge in [-0.25, -0.2) is 0 Å². The Kier molecular flexibility index (Phi) is 8.12. The Labute approximate surface area is 224 Å². The van der Waals surface area contributed by atoms with Crippen molar-refractivity contribution in [2.75, 3.05) is 16.4 Å². The minimum Gasteiger partial charge on any atom is -0.325 e. The number of carbonyl (C=O) groups excluding carboxylic acids is 2. The Hall–Kier alpha value is -2.85. The van der Waals surface area contributed by atoms with Gasteiger partial charge >= 0.3 is 0 Å². The summed E-state index contributed by atoms with van der Waals surface area (Å²) >= 11 is 16.6. The maximum atomic E-state index is 12.5. The molecule has 1 heterocycles. The van der Waals surface area contributed by atoms with Gasteiger partial charge in [-0.2, -0.15) is 0 Å². The fourth-order valence-corrected chi connectivity index (χ4v) is 4.37. The first-order valence-corrected chi connectivity index (χ1v) is 12.8. The second-order valence-electron chi connectivity index (χ2n) is 7.37. The van der Waals surface area contributed by atoms with Crippen molar-refractivity contribution in [1.29, 1.82) is 0 Å². The third-order valence-corrected chi connectivity index (χ3v) is 7.17. The fourth-order valence-electron chi connectivity index (χ4n) is 3.10. The first kappa shape index (κ1) is 25.2. The number of halogens is 3. The number of benzene rings is 3. The number of nitrogens with one attached hydrogen (secondary N) is 2. The van der Waals surface area contributed by atoms with Crippen molar-refractivity contribution in [3.63, 3.8) is 0 Å². The lowest BCUT2D eigenvalue weighted by atomic mass is 10.1. The van der Waals surface area contributed by atoms with Crippen LogP contribution in [0.25, 0.3) is 11.4 Å². The molecule has 2 N–H and O–H groups in total. The summed E-state index contributed by atoms with van der Waals surface area (Å²) in [4.78, 5) is 24.7. The van der Waals surface area contributed by atoms with E-state index in [1.807, 2.05) is 48.0 Å². The zero-order valence-electron chi connectivity index (χ0n) is 18.3. The molecule has 178 valence electrons. The summed E-state index contributed by atoms with van der Waals surface area (Å²) in [6.45, 7) is 0. The van der Waals surface area contributed by atoms with E-state index < -0.39 is 0 Å². The van der Waals surface area contributed by atoms with Crippen LogP contribution in [-0.4, -0.2) is 32.3 Å². The quantitative estimate of drug-likeness (QED) is 0.239. The predicted octanol–water partition coefficient (Wildman–Crippen LogP) is 6.53. The summed E-state index contributed by atoms with van der Waals surface area (Å²) in [5.74, 6) is 0.407. The molecule has 7 nitrogen and oxygen atoms in total. The number of hydrogen-bond acceptors (Lipinski definition) is 5. The maximum Gasteiger partial charge on any atom is 0.255 e. The van der Waals surface area contributed by atoms with E-state index in [2.05, 4.69) is 36.8 Å². The molecule has 0 fully saturated rings. The van der Waals surface area contributed by atoms with Gasteiger partial charge in [0.15, 0.2) is 11.0 Å². The van der Waals surface area contributed by atoms with Crippen LogP contribution in [0.4, 0.5) is 11.4 Å². The number of anilines is 2. The lowest BCUT2D eigenvalue weighted by Gasteiger charge is -2.08. The van der Waals surface area contributed by atoms with E-state index in [4.69, 9.17) is 23.2 Å². The molecule has 35 heavy (non-hydrogen) atoms. The van der Waals surface area contributed by atoms with Gasteiger partial charge in [-0.1, -0.05) is 50.9 Å². The van der Waals surface area contributed by atoms with Crippen LogP contribution >= 0.6 is 50.9 Å². The zero-order chi connectivity index (χ0) is 24.9. The van der Waals surface area contributed by atoms with E-state index in [-0.39, 0.29) is 17.6 Å². The van der Waals surface area contributed by atoms with Crippen molar-refractivity contribution >= 4 is 74.1 Å². The fraction of sp³-hybridized carbons (Fsp3) is 0.0833. The third-order valence-electron chi connectivity index (χ3n) is 4.88. The molecule has 2 amide bonds. The number of hydrogen-bond donors (Lipinski definition) is 2. The highest BCUT2D eigenvalue weighted by molar-refractivity contribution is 9.10. The van der Waals surface area contributed by atoms with E-state index in [0.29, 0.717) is 32.3 Å². The number of thioether (sulfide) groups is 1. The molecule has 0 saturated heterocycles. The molecule has 4 rings (SSSR count). The molecule has 0 aliphatic rings. The highest BCUT2D eigenvalue weighted by Crippen LogP contribution is 2.26. The third kappa shape index (κ3) is 6.43. The molecule has 4 aromatic rings. The highest BCUT2D eigenvalue weighted by Gasteiger charge is 2.14. The Balaban J connectivity index is 1.37. The molecule has 0 atom stereocenters. The van der Waals surface area contributed by atoms with Gasteiger partial charge < -0.3 is 15.2 Å². The smallest absolute Gasteiger partial charge is 0.255 e. The first-order valence-electron chi connectivity index (χ1n) is 10.2. The number of amides is 2. The minimum atomic E-state index is -0.296. The van der Waals surface area contributed by atoms with Gasteiger partial charge in [0.1, 0.15) is 0 Å². The summed E-state index contributed by atoms with van der Waals surface area (Å²) in [7, 11) is 1.84. The van der Waals surface area contributed by atoms with Crippen molar-refractivity contribution in [3.8, 4) is 11.4 Å². The van der Waals surface area contributed by atoms with E-state index in [1.54, 1.807) is 24.3 Å². The van der Waals surface area contributed by atoms with Crippen molar-refractivity contribution in [2.45, 2.75) is 5.16 Å². The summed E-state index contributed by atoms with van der Waals surface area (Å²) in [5, 5.41) is 15.5. The SMILES string of the molecule is Cn1c(SCC(=O)Nc2ccc(Br)cc2)nnc1-c1ccc(NC(=O)c2ccc(Cl)c(Cl)c2)cc1. The predicted molar refractivity (Wildman–Crippen MR) is 144 cm³/mol. The largest absolute Gasteiger partial charge is 0.325 e. The maximum absolute atomic E-state index is 12.5. The number of aromatic nitrogens is 3. The molecule has 3 aromatic carbocycles. The van der Waals surface area contributed by atoms with E-state index in [9.17, 15) is 9.59 Å². The van der Waals surface area contributed by atoms with Crippen molar-refractivity contribution in [2.24, 2.45) is 7.05 Å². The number of nitrogens with zero attached hydrogens (tertiary/aromatic N) is 3. The molecule has 0 aliphatic heterocycles. The lowest BCUT2D eigenvalue weighted by molar-refractivity contribution is -0.113. The molecular weight excluding hydrogens is 573 g/mol. The van der Waals surface area contributed by atoms with Gasteiger partial charge in [0.25, 0.3) is 5.91 Å². The van der Waals surface area contributed by atoms with Gasteiger partial charge in [-0.15, -0.1) is 10.2 Å². The van der Waals surface area contributed by atoms with Gasteiger partial charge in [0, 0.05) is 34.0 Å². The summed E-state index contributed by atoms with van der Waals surface area (Å²) in [6, 6.07) is 19.3. The molecule has 0 saturated carbocycles. The summed E-state index contributed by atoms with van der Waals surface area (Å²) in [6.07, 6.45) is 0. The summed E-state index contributed by atoms with van der Waals surface area (Å²) in [5.41, 5.74) is 2.57. The average molecular weight is 591 g/mol. The second kappa shape index (κ2) is 11.3. The Morgan fingerprint density at radius 3 is 2.26 bits per heavy atom. The van der Waals surface area contributed by atoms with Crippen LogP contribution in [0.2, 0.25) is 10.0 Å². The lowest BCUT2D eigenvalue weighted by Crippen LogP contribution is -2.14. The van der Waals surface area contributed by atoms with Crippen molar-refractivity contribution in [1.82, 2.24) is 14.8 Å². The molecule has 0 unspecified atom stereocenters. The molecule has 0 spiro atoms. The van der Waals surface area contributed by atoms with Crippen LogP contribution in [0.5, 0.6) is 0 Å². The normalized spacial score (nSPS) is 10.7. The Morgan fingerprint density at radius 2 is 1.57 bits per heavy atom. The van der Waals surface area contributed by atoms with Gasteiger partial charge in [0.05, 0.1) is 15.8 Å². The van der Waals surface area contributed by atoms with E-state index >= 15 is 0 Å². The summed E-state index contributed by atoms with van der Waals surface area (Å²) < 4.78 is 2.76. The molecule has 0 bridgehead atoms.